The van der Waals surface area contributed by atoms with Crippen molar-refractivity contribution in [3.63, 3.8) is 0 Å². The van der Waals surface area contributed by atoms with Gasteiger partial charge in [0.1, 0.15) is 15.2 Å². The molecule has 108 valence electrons. The van der Waals surface area contributed by atoms with Crippen molar-refractivity contribution < 1.29 is 4.79 Å². The minimum atomic E-state index is -0.368. The maximum Gasteiger partial charge on any atom is 0.247 e. The van der Waals surface area contributed by atoms with Gasteiger partial charge in [-0.15, -0.1) is 0 Å². The summed E-state index contributed by atoms with van der Waals surface area (Å²) in [5.74, 6) is 0.271. The van der Waals surface area contributed by atoms with Gasteiger partial charge in [0.25, 0.3) is 0 Å². The Labute approximate surface area is 138 Å². The second kappa shape index (κ2) is 6.21. The van der Waals surface area contributed by atoms with Crippen LogP contribution in [0.1, 0.15) is 17.2 Å². The van der Waals surface area contributed by atoms with Gasteiger partial charge < -0.3 is 10.6 Å². The molecule has 1 aliphatic heterocycles. The molecule has 2 aromatic rings. The quantitative estimate of drug-likeness (QED) is 0.797. The Bertz CT molecular complexity index is 692. The van der Waals surface area contributed by atoms with Crippen LogP contribution in [0, 0.1) is 0 Å². The number of fused-ring (bicyclic) bond motifs is 1. The molecular weight excluding hydrogens is 400 g/mol. The average molecular weight is 412 g/mol. The Morgan fingerprint density at radius 2 is 2.14 bits per heavy atom. The molecule has 0 saturated carbocycles. The molecule has 1 aromatic heterocycles. The molecule has 0 spiro atoms. The summed E-state index contributed by atoms with van der Waals surface area (Å²) < 4.78 is 1.10. The fourth-order valence-electron chi connectivity index (χ4n) is 2.36. The average Bonchev–Trinajstić information content (AvgIpc) is 2.49. The molecule has 7 heteroatoms. The summed E-state index contributed by atoms with van der Waals surface area (Å²) in [6, 6.07) is 7.62. The minimum absolute atomic E-state index is 0.139. The monoisotopic (exact) mass is 410 g/mol. The zero-order chi connectivity index (χ0) is 14.8. The summed E-state index contributed by atoms with van der Waals surface area (Å²) in [6.07, 6.45) is 2.48. The molecule has 2 N–H and O–H groups in total. The van der Waals surface area contributed by atoms with E-state index in [9.17, 15) is 4.79 Å². The zero-order valence-electron chi connectivity index (χ0n) is 10.9. The van der Waals surface area contributed by atoms with Crippen molar-refractivity contribution >= 4 is 43.6 Å². The normalized spacial score (nSPS) is 17.1. The summed E-state index contributed by atoms with van der Waals surface area (Å²) in [5.41, 5.74) is 2.22. The van der Waals surface area contributed by atoms with Crippen molar-refractivity contribution in [1.82, 2.24) is 15.3 Å². The summed E-state index contributed by atoms with van der Waals surface area (Å²) in [7, 11) is 0. The van der Waals surface area contributed by atoms with E-state index < -0.39 is 0 Å². The van der Waals surface area contributed by atoms with Gasteiger partial charge in [-0.2, -0.15) is 0 Å². The first-order valence-corrected chi connectivity index (χ1v) is 8.04. The Morgan fingerprint density at radius 3 is 2.95 bits per heavy atom. The van der Waals surface area contributed by atoms with Crippen LogP contribution in [0.4, 0.5) is 5.82 Å². The lowest BCUT2D eigenvalue weighted by Gasteiger charge is -2.25. The summed E-state index contributed by atoms with van der Waals surface area (Å²) >= 11 is 6.52. The third kappa shape index (κ3) is 3.14. The van der Waals surface area contributed by atoms with Crippen molar-refractivity contribution in [2.45, 2.75) is 12.5 Å². The number of nitrogens with zero attached hydrogens (tertiary/aromatic N) is 2. The second-order valence-electron chi connectivity index (χ2n) is 4.66. The van der Waals surface area contributed by atoms with E-state index >= 15 is 0 Å². The van der Waals surface area contributed by atoms with E-state index in [-0.39, 0.29) is 11.9 Å². The molecular formula is C14H12Br2N4O. The molecule has 3 rings (SSSR count). The van der Waals surface area contributed by atoms with Crippen LogP contribution in [0.5, 0.6) is 0 Å². The van der Waals surface area contributed by atoms with Crippen LogP contribution in [0.15, 0.2) is 39.7 Å². The first-order valence-electron chi connectivity index (χ1n) is 6.45. The van der Waals surface area contributed by atoms with Crippen LogP contribution in [0.3, 0.4) is 0 Å². The fourth-order valence-corrected chi connectivity index (χ4v) is 3.27. The van der Waals surface area contributed by atoms with E-state index in [4.69, 9.17) is 0 Å². The number of hydrogen-bond acceptors (Lipinski definition) is 4. The third-order valence-electron chi connectivity index (χ3n) is 3.31. The number of rotatable bonds is 2. The predicted octanol–water partition coefficient (Wildman–Crippen LogP) is 2.83. The van der Waals surface area contributed by atoms with Gasteiger partial charge in [-0.25, -0.2) is 9.97 Å². The number of carbonyl (C=O) groups is 1. The molecule has 1 aliphatic rings. The van der Waals surface area contributed by atoms with E-state index in [0.717, 1.165) is 18.5 Å². The third-order valence-corrected chi connectivity index (χ3v) is 4.25. The largest absolute Gasteiger partial charge is 0.307 e. The van der Waals surface area contributed by atoms with Gasteiger partial charge in [0.05, 0.1) is 6.20 Å². The molecule has 21 heavy (non-hydrogen) atoms. The summed E-state index contributed by atoms with van der Waals surface area (Å²) in [6.45, 7) is 0.780. The number of nitrogens with one attached hydrogen (secondary N) is 2. The van der Waals surface area contributed by atoms with E-state index in [2.05, 4.69) is 58.5 Å². The Hall–Kier alpha value is -1.31. The Kier molecular flexibility index (Phi) is 4.32. The molecule has 1 aromatic carbocycles. The highest BCUT2D eigenvalue weighted by Gasteiger charge is 2.26. The maximum atomic E-state index is 12.5. The number of aromatic nitrogens is 2. The predicted molar refractivity (Wildman–Crippen MR) is 87.0 cm³/mol. The van der Waals surface area contributed by atoms with Crippen molar-refractivity contribution in [3.8, 4) is 0 Å². The smallest absolute Gasteiger partial charge is 0.247 e. The zero-order valence-corrected chi connectivity index (χ0v) is 14.1. The van der Waals surface area contributed by atoms with Crippen LogP contribution >= 0.6 is 31.9 Å². The minimum Gasteiger partial charge on any atom is -0.307 e. The molecule has 2 heterocycles. The van der Waals surface area contributed by atoms with Crippen molar-refractivity contribution in [2.24, 2.45) is 0 Å². The van der Waals surface area contributed by atoms with Gasteiger partial charge in [-0.05, 0) is 49.4 Å². The van der Waals surface area contributed by atoms with E-state index in [1.807, 2.05) is 18.2 Å². The van der Waals surface area contributed by atoms with Gasteiger partial charge in [0.15, 0.2) is 5.82 Å². The lowest BCUT2D eigenvalue weighted by molar-refractivity contribution is -0.118. The second-order valence-corrected chi connectivity index (χ2v) is 6.22. The standard InChI is InChI=1S/C14H12Br2N4O/c15-10-7-18-13(12(16)19-10)20-14(21)11-9-4-2-1-3-8(9)5-6-17-11/h1-4,7,11,17H,5-6H2,(H,18,20,21). The van der Waals surface area contributed by atoms with Gasteiger partial charge in [-0.1, -0.05) is 24.3 Å². The lowest BCUT2D eigenvalue weighted by atomic mass is 9.94. The van der Waals surface area contributed by atoms with E-state index in [0.29, 0.717) is 15.0 Å². The first-order chi connectivity index (χ1) is 10.1. The van der Waals surface area contributed by atoms with Gasteiger partial charge in [-0.3, -0.25) is 4.79 Å². The van der Waals surface area contributed by atoms with Crippen LogP contribution in [-0.2, 0) is 11.2 Å². The van der Waals surface area contributed by atoms with Crippen LogP contribution in [-0.4, -0.2) is 22.4 Å². The van der Waals surface area contributed by atoms with E-state index in [1.54, 1.807) is 6.20 Å². The number of halogens is 2. The number of carbonyl (C=O) groups excluding carboxylic acids is 1. The molecule has 0 aliphatic carbocycles. The molecule has 0 radical (unpaired) electrons. The molecule has 0 saturated heterocycles. The highest BCUT2D eigenvalue weighted by atomic mass is 79.9. The maximum absolute atomic E-state index is 12.5. The molecule has 0 fully saturated rings. The molecule has 1 unspecified atom stereocenters. The number of anilines is 1. The number of amides is 1. The summed E-state index contributed by atoms with van der Waals surface area (Å²) in [5, 5.41) is 6.05. The van der Waals surface area contributed by atoms with E-state index in [1.165, 1.54) is 5.56 Å². The molecule has 5 nitrogen and oxygen atoms in total. The highest BCUT2D eigenvalue weighted by Crippen LogP contribution is 2.25. The van der Waals surface area contributed by atoms with Crippen molar-refractivity contribution in [2.75, 3.05) is 11.9 Å². The van der Waals surface area contributed by atoms with Crippen LogP contribution in [0.2, 0.25) is 0 Å². The lowest BCUT2D eigenvalue weighted by Crippen LogP contribution is -2.38. The summed E-state index contributed by atoms with van der Waals surface area (Å²) in [4.78, 5) is 20.8. The topological polar surface area (TPSA) is 66.9 Å². The Morgan fingerprint density at radius 1 is 1.33 bits per heavy atom. The van der Waals surface area contributed by atoms with Crippen LogP contribution in [0.25, 0.3) is 0 Å². The van der Waals surface area contributed by atoms with Crippen molar-refractivity contribution in [1.29, 1.82) is 0 Å². The van der Waals surface area contributed by atoms with Crippen molar-refractivity contribution in [3.05, 3.63) is 50.8 Å². The number of hydrogen-bond donors (Lipinski definition) is 2. The molecule has 1 atom stereocenters. The van der Waals surface area contributed by atoms with Gasteiger partial charge >= 0.3 is 0 Å². The fraction of sp³-hybridized carbons (Fsp3) is 0.214. The Balaban J connectivity index is 1.83. The molecule has 1 amide bonds. The molecule has 0 bridgehead atoms. The SMILES string of the molecule is O=C(Nc1ncc(Br)nc1Br)C1NCCc2ccccc21. The van der Waals surface area contributed by atoms with Crippen LogP contribution < -0.4 is 10.6 Å². The van der Waals surface area contributed by atoms with Gasteiger partial charge in [0, 0.05) is 6.54 Å². The first kappa shape index (κ1) is 14.6. The van der Waals surface area contributed by atoms with Gasteiger partial charge in [0.2, 0.25) is 5.91 Å². The number of benzene rings is 1. The highest BCUT2D eigenvalue weighted by molar-refractivity contribution is 9.11.